The molecule has 0 bridgehead atoms. The second-order valence-corrected chi connectivity index (χ2v) is 5.17. The highest BCUT2D eigenvalue weighted by molar-refractivity contribution is 7.09. The van der Waals surface area contributed by atoms with Crippen LogP contribution in [-0.2, 0) is 10.3 Å². The summed E-state index contributed by atoms with van der Waals surface area (Å²) < 4.78 is 0. The summed E-state index contributed by atoms with van der Waals surface area (Å²) in [6.07, 6.45) is 3.54. The van der Waals surface area contributed by atoms with Gasteiger partial charge in [-0.3, -0.25) is 4.79 Å². The number of hydrogen-bond donors (Lipinski definition) is 2. The number of carbonyl (C=O) groups is 1. The summed E-state index contributed by atoms with van der Waals surface area (Å²) in [4.78, 5) is 16.1. The summed E-state index contributed by atoms with van der Waals surface area (Å²) in [7, 11) is 0. The Balaban J connectivity index is 2.11. The Labute approximate surface area is 99.3 Å². The zero-order valence-electron chi connectivity index (χ0n) is 9.45. The predicted molar refractivity (Wildman–Crippen MR) is 64.2 cm³/mol. The van der Waals surface area contributed by atoms with Gasteiger partial charge < -0.3 is 11.1 Å². The van der Waals surface area contributed by atoms with E-state index in [1.165, 1.54) is 0 Å². The summed E-state index contributed by atoms with van der Waals surface area (Å²) in [5.41, 5.74) is 6.21. The Morgan fingerprint density at radius 2 is 2.44 bits per heavy atom. The first kappa shape index (κ1) is 11.5. The fourth-order valence-electron chi connectivity index (χ4n) is 1.96. The number of aromatic nitrogens is 1. The SMILES string of the molecule is Cc1csc(C2(NC(=O)CCN)CCC2)n1. The number of nitrogens with zero attached hydrogens (tertiary/aromatic N) is 1. The van der Waals surface area contributed by atoms with Gasteiger partial charge in [0.25, 0.3) is 0 Å². The third-order valence-corrected chi connectivity index (χ3v) is 4.15. The van der Waals surface area contributed by atoms with Crippen LogP contribution in [0.4, 0.5) is 0 Å². The van der Waals surface area contributed by atoms with E-state index in [1.54, 1.807) is 11.3 Å². The normalized spacial score (nSPS) is 17.9. The van der Waals surface area contributed by atoms with E-state index in [0.717, 1.165) is 30.0 Å². The molecule has 4 nitrogen and oxygen atoms in total. The molecule has 0 radical (unpaired) electrons. The highest BCUT2D eigenvalue weighted by atomic mass is 32.1. The number of rotatable bonds is 4. The van der Waals surface area contributed by atoms with Gasteiger partial charge in [-0.15, -0.1) is 11.3 Å². The number of aryl methyl sites for hydroxylation is 1. The van der Waals surface area contributed by atoms with Crippen LogP contribution < -0.4 is 11.1 Å². The lowest BCUT2D eigenvalue weighted by molar-refractivity contribution is -0.124. The maximum Gasteiger partial charge on any atom is 0.222 e. The fraction of sp³-hybridized carbons (Fsp3) is 0.636. The molecular formula is C11H17N3OS. The van der Waals surface area contributed by atoms with Gasteiger partial charge in [-0.2, -0.15) is 0 Å². The average Bonchev–Trinajstić information content (AvgIpc) is 2.59. The van der Waals surface area contributed by atoms with E-state index in [1.807, 2.05) is 12.3 Å². The molecule has 1 saturated carbocycles. The van der Waals surface area contributed by atoms with Crippen molar-refractivity contribution in [1.29, 1.82) is 0 Å². The summed E-state index contributed by atoms with van der Waals surface area (Å²) in [6.45, 7) is 2.38. The molecule has 1 heterocycles. The van der Waals surface area contributed by atoms with Crippen LogP contribution in [0.2, 0.25) is 0 Å². The van der Waals surface area contributed by atoms with E-state index in [-0.39, 0.29) is 11.4 Å². The Hall–Kier alpha value is -0.940. The topological polar surface area (TPSA) is 68.0 Å². The van der Waals surface area contributed by atoms with Gasteiger partial charge in [-0.25, -0.2) is 4.98 Å². The molecule has 1 aliphatic rings. The second kappa shape index (κ2) is 4.51. The lowest BCUT2D eigenvalue weighted by Crippen LogP contribution is -2.51. The van der Waals surface area contributed by atoms with Crippen molar-refractivity contribution in [1.82, 2.24) is 10.3 Å². The molecule has 0 unspecified atom stereocenters. The van der Waals surface area contributed by atoms with Crippen molar-refractivity contribution in [3.8, 4) is 0 Å². The van der Waals surface area contributed by atoms with Gasteiger partial charge in [0.1, 0.15) is 5.01 Å². The minimum absolute atomic E-state index is 0.0371. The first-order valence-electron chi connectivity index (χ1n) is 5.60. The van der Waals surface area contributed by atoms with Crippen molar-refractivity contribution >= 4 is 17.2 Å². The zero-order valence-corrected chi connectivity index (χ0v) is 10.3. The lowest BCUT2D eigenvalue weighted by Gasteiger charge is -2.40. The van der Waals surface area contributed by atoms with Crippen molar-refractivity contribution in [2.75, 3.05) is 6.54 Å². The van der Waals surface area contributed by atoms with E-state index in [0.29, 0.717) is 13.0 Å². The van der Waals surface area contributed by atoms with Crippen molar-refractivity contribution < 1.29 is 4.79 Å². The van der Waals surface area contributed by atoms with E-state index in [2.05, 4.69) is 10.3 Å². The van der Waals surface area contributed by atoms with Gasteiger partial charge >= 0.3 is 0 Å². The van der Waals surface area contributed by atoms with Gasteiger partial charge in [0, 0.05) is 24.0 Å². The highest BCUT2D eigenvalue weighted by Gasteiger charge is 2.42. The summed E-state index contributed by atoms with van der Waals surface area (Å²) in [5, 5.41) is 6.16. The molecule has 1 amide bonds. The summed E-state index contributed by atoms with van der Waals surface area (Å²) in [6, 6.07) is 0. The van der Waals surface area contributed by atoms with Crippen molar-refractivity contribution in [3.63, 3.8) is 0 Å². The van der Waals surface area contributed by atoms with Crippen molar-refractivity contribution in [2.45, 2.75) is 38.1 Å². The molecule has 3 N–H and O–H groups in total. The van der Waals surface area contributed by atoms with Crippen LogP contribution in [-0.4, -0.2) is 17.4 Å². The quantitative estimate of drug-likeness (QED) is 0.832. The van der Waals surface area contributed by atoms with Gasteiger partial charge in [-0.1, -0.05) is 0 Å². The lowest BCUT2D eigenvalue weighted by atomic mass is 9.77. The Morgan fingerprint density at radius 1 is 1.69 bits per heavy atom. The Morgan fingerprint density at radius 3 is 2.88 bits per heavy atom. The molecule has 2 rings (SSSR count). The van der Waals surface area contributed by atoms with E-state index in [4.69, 9.17) is 5.73 Å². The maximum absolute atomic E-state index is 11.6. The van der Waals surface area contributed by atoms with Crippen molar-refractivity contribution in [2.24, 2.45) is 5.73 Å². The predicted octanol–water partition coefficient (Wildman–Crippen LogP) is 1.30. The summed E-state index contributed by atoms with van der Waals surface area (Å²) >= 11 is 1.64. The first-order valence-corrected chi connectivity index (χ1v) is 6.48. The molecule has 16 heavy (non-hydrogen) atoms. The largest absolute Gasteiger partial charge is 0.344 e. The maximum atomic E-state index is 11.6. The Bertz CT molecular complexity index is 384. The number of thiazole rings is 1. The van der Waals surface area contributed by atoms with Crippen molar-refractivity contribution in [3.05, 3.63) is 16.1 Å². The molecule has 1 fully saturated rings. The molecule has 0 saturated heterocycles. The molecule has 0 spiro atoms. The van der Waals surface area contributed by atoms with Crippen LogP contribution in [0.15, 0.2) is 5.38 Å². The van der Waals surface area contributed by atoms with Crippen LogP contribution in [0.5, 0.6) is 0 Å². The number of nitrogens with one attached hydrogen (secondary N) is 1. The molecule has 1 aromatic heterocycles. The molecule has 5 heteroatoms. The third kappa shape index (κ3) is 2.10. The second-order valence-electron chi connectivity index (χ2n) is 4.32. The molecule has 1 aromatic rings. The fourth-order valence-corrected chi connectivity index (χ4v) is 2.97. The van der Waals surface area contributed by atoms with E-state index < -0.39 is 0 Å². The zero-order chi connectivity index (χ0) is 11.6. The molecule has 88 valence electrons. The van der Waals surface area contributed by atoms with E-state index >= 15 is 0 Å². The highest BCUT2D eigenvalue weighted by Crippen LogP contribution is 2.42. The minimum Gasteiger partial charge on any atom is -0.344 e. The van der Waals surface area contributed by atoms with Crippen LogP contribution in [0.3, 0.4) is 0 Å². The number of carbonyl (C=O) groups excluding carboxylic acids is 1. The van der Waals surface area contributed by atoms with Crippen LogP contribution in [0, 0.1) is 6.92 Å². The number of hydrogen-bond acceptors (Lipinski definition) is 4. The van der Waals surface area contributed by atoms with Crippen LogP contribution in [0.1, 0.15) is 36.4 Å². The molecule has 0 atom stereocenters. The smallest absolute Gasteiger partial charge is 0.222 e. The van der Waals surface area contributed by atoms with Crippen LogP contribution >= 0.6 is 11.3 Å². The molecular weight excluding hydrogens is 222 g/mol. The summed E-state index contributed by atoms with van der Waals surface area (Å²) in [5.74, 6) is 0.0371. The standard InChI is InChI=1S/C11H17N3OS/c1-8-7-16-10(13-8)11(4-2-5-11)14-9(15)3-6-12/h7H,2-6,12H2,1H3,(H,14,15). The Kier molecular flexibility index (Phi) is 3.25. The average molecular weight is 239 g/mol. The van der Waals surface area contributed by atoms with Gasteiger partial charge in [-0.05, 0) is 26.2 Å². The number of nitrogens with two attached hydrogens (primary N) is 1. The number of amides is 1. The minimum atomic E-state index is -0.189. The molecule has 1 aliphatic carbocycles. The molecule has 0 aliphatic heterocycles. The molecule has 0 aromatic carbocycles. The van der Waals surface area contributed by atoms with Gasteiger partial charge in [0.15, 0.2) is 0 Å². The monoisotopic (exact) mass is 239 g/mol. The van der Waals surface area contributed by atoms with Gasteiger partial charge in [0.05, 0.1) is 5.54 Å². The first-order chi connectivity index (χ1) is 7.66. The van der Waals surface area contributed by atoms with Gasteiger partial charge in [0.2, 0.25) is 5.91 Å². The van der Waals surface area contributed by atoms with E-state index in [9.17, 15) is 4.79 Å². The van der Waals surface area contributed by atoms with Crippen LogP contribution in [0.25, 0.3) is 0 Å². The third-order valence-electron chi connectivity index (χ3n) is 2.99.